The molecule has 2 amide bonds. The quantitative estimate of drug-likeness (QED) is 0.652. The van der Waals surface area contributed by atoms with E-state index in [1.807, 2.05) is 13.8 Å². The van der Waals surface area contributed by atoms with Gasteiger partial charge in [0.2, 0.25) is 5.91 Å². The summed E-state index contributed by atoms with van der Waals surface area (Å²) in [6, 6.07) is 7.16. The van der Waals surface area contributed by atoms with Crippen LogP contribution < -0.4 is 10.6 Å². The Balaban J connectivity index is 1.61. The molecule has 0 saturated heterocycles. The third-order valence-electron chi connectivity index (χ3n) is 4.86. The van der Waals surface area contributed by atoms with Gasteiger partial charge in [-0.2, -0.15) is 0 Å². The van der Waals surface area contributed by atoms with Gasteiger partial charge < -0.3 is 10.6 Å². The van der Waals surface area contributed by atoms with Crippen molar-refractivity contribution in [2.24, 2.45) is 0 Å². The maximum atomic E-state index is 12.9. The topological polar surface area (TPSA) is 84.0 Å². The van der Waals surface area contributed by atoms with Crippen molar-refractivity contribution in [2.75, 3.05) is 10.6 Å². The fraction of sp³-hybridized carbons (Fsp3) is 0.333. The van der Waals surface area contributed by atoms with E-state index in [0.29, 0.717) is 28.6 Å². The van der Waals surface area contributed by atoms with Crippen molar-refractivity contribution in [1.29, 1.82) is 0 Å². The van der Waals surface area contributed by atoms with Gasteiger partial charge in [-0.3, -0.25) is 9.59 Å². The van der Waals surface area contributed by atoms with Crippen LogP contribution >= 0.6 is 11.3 Å². The van der Waals surface area contributed by atoms with E-state index in [1.165, 1.54) is 11.3 Å². The molecule has 1 saturated carbocycles. The Morgan fingerprint density at radius 3 is 2.54 bits per heavy atom. The normalized spacial score (nSPS) is 13.5. The number of hydrogen-bond acceptors (Lipinski definition) is 5. The van der Waals surface area contributed by atoms with Crippen molar-refractivity contribution in [1.82, 2.24) is 9.97 Å². The largest absolute Gasteiger partial charge is 0.326 e. The zero-order valence-corrected chi connectivity index (χ0v) is 16.9. The van der Waals surface area contributed by atoms with Crippen LogP contribution in [-0.2, 0) is 4.79 Å². The summed E-state index contributed by atoms with van der Waals surface area (Å²) >= 11 is 1.41. The first-order valence-corrected chi connectivity index (χ1v) is 10.3. The monoisotopic (exact) mass is 394 g/mol. The van der Waals surface area contributed by atoms with Crippen LogP contribution in [0.4, 0.5) is 11.4 Å². The minimum absolute atomic E-state index is 0.0654. The molecule has 1 fully saturated rings. The van der Waals surface area contributed by atoms with Gasteiger partial charge in [0.15, 0.2) is 0 Å². The third kappa shape index (κ3) is 3.62. The van der Waals surface area contributed by atoms with Gasteiger partial charge in [0, 0.05) is 29.1 Å². The van der Waals surface area contributed by atoms with Crippen LogP contribution in [0.2, 0.25) is 0 Å². The van der Waals surface area contributed by atoms with E-state index >= 15 is 0 Å². The van der Waals surface area contributed by atoms with E-state index in [2.05, 4.69) is 15.6 Å². The molecule has 0 aliphatic heterocycles. The second-order valence-corrected chi connectivity index (χ2v) is 8.11. The van der Waals surface area contributed by atoms with Gasteiger partial charge in [0.1, 0.15) is 10.7 Å². The molecule has 2 aromatic heterocycles. The molecule has 0 radical (unpaired) electrons. The molecule has 1 aliphatic carbocycles. The second kappa shape index (κ2) is 7.31. The Labute approximate surface area is 167 Å². The van der Waals surface area contributed by atoms with E-state index in [1.54, 1.807) is 31.2 Å². The van der Waals surface area contributed by atoms with Crippen LogP contribution in [0.5, 0.6) is 0 Å². The molecule has 0 atom stereocenters. The third-order valence-corrected chi connectivity index (χ3v) is 6.05. The van der Waals surface area contributed by atoms with Crippen molar-refractivity contribution in [3.05, 3.63) is 46.2 Å². The number of benzene rings is 1. The highest BCUT2D eigenvalue weighted by atomic mass is 32.1. The summed E-state index contributed by atoms with van der Waals surface area (Å²) in [7, 11) is 0. The molecule has 2 N–H and O–H groups in total. The van der Waals surface area contributed by atoms with Gasteiger partial charge in [-0.05, 0) is 50.5 Å². The number of rotatable bonds is 5. The molecule has 2 heterocycles. The maximum Gasteiger partial charge on any atom is 0.266 e. The molecule has 0 bridgehead atoms. The SMILES string of the molecule is CCC(=O)Nc1cccc(NC(=O)c2sc3nc(C4CC4)nc(C)c3c2C)c1. The number of thiophene rings is 1. The highest BCUT2D eigenvalue weighted by molar-refractivity contribution is 7.20. The number of aromatic nitrogens is 2. The Bertz CT molecular complexity index is 1090. The Morgan fingerprint density at radius 1 is 1.14 bits per heavy atom. The van der Waals surface area contributed by atoms with Crippen LogP contribution in [0.1, 0.15) is 58.9 Å². The average Bonchev–Trinajstić information content (AvgIpc) is 3.45. The van der Waals surface area contributed by atoms with Gasteiger partial charge in [-0.1, -0.05) is 13.0 Å². The van der Waals surface area contributed by atoms with Gasteiger partial charge in [-0.15, -0.1) is 11.3 Å². The van der Waals surface area contributed by atoms with E-state index in [4.69, 9.17) is 4.98 Å². The summed E-state index contributed by atoms with van der Waals surface area (Å²) in [5.74, 6) is 1.14. The van der Waals surface area contributed by atoms with E-state index in [9.17, 15) is 9.59 Å². The van der Waals surface area contributed by atoms with E-state index in [-0.39, 0.29) is 11.8 Å². The number of anilines is 2. The zero-order chi connectivity index (χ0) is 19.8. The number of aryl methyl sites for hydroxylation is 2. The number of nitrogens with one attached hydrogen (secondary N) is 2. The average molecular weight is 395 g/mol. The lowest BCUT2D eigenvalue weighted by molar-refractivity contribution is -0.115. The molecule has 3 aromatic rings. The number of carbonyl (C=O) groups is 2. The molecular weight excluding hydrogens is 372 g/mol. The predicted octanol–water partition coefficient (Wildman–Crippen LogP) is 4.79. The first-order valence-electron chi connectivity index (χ1n) is 9.45. The summed E-state index contributed by atoms with van der Waals surface area (Å²) in [5, 5.41) is 6.71. The van der Waals surface area contributed by atoms with Gasteiger partial charge in [0.05, 0.1) is 10.6 Å². The molecule has 28 heavy (non-hydrogen) atoms. The number of amides is 2. The fourth-order valence-electron chi connectivity index (χ4n) is 3.21. The number of fused-ring (bicyclic) bond motifs is 1. The second-order valence-electron chi connectivity index (χ2n) is 7.11. The van der Waals surface area contributed by atoms with Crippen molar-refractivity contribution in [3.63, 3.8) is 0 Å². The van der Waals surface area contributed by atoms with Crippen LogP contribution in [0.3, 0.4) is 0 Å². The van der Waals surface area contributed by atoms with E-state index in [0.717, 1.165) is 40.1 Å². The van der Waals surface area contributed by atoms with Crippen LogP contribution in [-0.4, -0.2) is 21.8 Å². The van der Waals surface area contributed by atoms with Crippen LogP contribution in [0, 0.1) is 13.8 Å². The molecular formula is C21H22N4O2S. The van der Waals surface area contributed by atoms with Crippen LogP contribution in [0.25, 0.3) is 10.2 Å². The first kappa shape index (κ1) is 18.6. The minimum Gasteiger partial charge on any atom is -0.326 e. The maximum absolute atomic E-state index is 12.9. The van der Waals surface area contributed by atoms with Crippen molar-refractivity contribution in [2.45, 2.75) is 46.0 Å². The van der Waals surface area contributed by atoms with E-state index < -0.39 is 0 Å². The molecule has 1 aliphatic rings. The van der Waals surface area contributed by atoms with Crippen molar-refractivity contribution < 1.29 is 9.59 Å². The number of nitrogens with zero attached hydrogens (tertiary/aromatic N) is 2. The summed E-state index contributed by atoms with van der Waals surface area (Å²) in [6.45, 7) is 5.72. The lowest BCUT2D eigenvalue weighted by Crippen LogP contribution is -2.13. The molecule has 0 spiro atoms. The number of carbonyl (C=O) groups excluding carboxylic acids is 2. The lowest BCUT2D eigenvalue weighted by Gasteiger charge is -2.08. The molecule has 7 heteroatoms. The predicted molar refractivity (Wildman–Crippen MR) is 112 cm³/mol. The first-order chi connectivity index (χ1) is 13.5. The van der Waals surface area contributed by atoms with Crippen molar-refractivity contribution in [3.8, 4) is 0 Å². The molecule has 144 valence electrons. The molecule has 4 rings (SSSR count). The highest BCUT2D eigenvalue weighted by Gasteiger charge is 2.28. The van der Waals surface area contributed by atoms with Gasteiger partial charge >= 0.3 is 0 Å². The Hall–Kier alpha value is -2.80. The summed E-state index contributed by atoms with van der Waals surface area (Å²) in [5.41, 5.74) is 3.14. The zero-order valence-electron chi connectivity index (χ0n) is 16.1. The van der Waals surface area contributed by atoms with Crippen molar-refractivity contribution >= 4 is 44.7 Å². The smallest absolute Gasteiger partial charge is 0.266 e. The minimum atomic E-state index is -0.174. The lowest BCUT2D eigenvalue weighted by atomic mass is 10.1. The Kier molecular flexibility index (Phi) is 4.85. The number of hydrogen-bond donors (Lipinski definition) is 2. The van der Waals surface area contributed by atoms with Crippen LogP contribution in [0.15, 0.2) is 24.3 Å². The molecule has 6 nitrogen and oxygen atoms in total. The standard InChI is InChI=1S/C21H22N4O2S/c1-4-16(26)23-14-6-5-7-15(10-14)24-20(27)18-11(2)17-12(3)22-19(13-8-9-13)25-21(17)28-18/h5-7,10,13H,4,8-9H2,1-3H3,(H,23,26)(H,24,27). The van der Waals surface area contributed by atoms with Gasteiger partial charge in [0.25, 0.3) is 5.91 Å². The summed E-state index contributed by atoms with van der Waals surface area (Å²) < 4.78 is 0. The molecule has 0 unspecified atom stereocenters. The summed E-state index contributed by atoms with van der Waals surface area (Å²) in [6.07, 6.45) is 2.70. The molecule has 1 aromatic carbocycles. The fourth-order valence-corrected chi connectivity index (χ4v) is 4.35. The Morgan fingerprint density at radius 2 is 1.86 bits per heavy atom. The summed E-state index contributed by atoms with van der Waals surface area (Å²) in [4.78, 5) is 35.4. The van der Waals surface area contributed by atoms with Gasteiger partial charge in [-0.25, -0.2) is 9.97 Å². The highest BCUT2D eigenvalue weighted by Crippen LogP contribution is 2.40.